The van der Waals surface area contributed by atoms with E-state index in [2.05, 4.69) is 15.2 Å². The highest BCUT2D eigenvalue weighted by atomic mass is 16.5. The third-order valence-electron chi connectivity index (χ3n) is 4.81. The van der Waals surface area contributed by atoms with Gasteiger partial charge in [0.25, 0.3) is 0 Å². The molecule has 0 amide bonds. The summed E-state index contributed by atoms with van der Waals surface area (Å²) >= 11 is 0. The Balaban J connectivity index is 1.80. The Kier molecular flexibility index (Phi) is 5.36. The molecule has 2 aromatic carbocycles. The second-order valence-corrected chi connectivity index (χ2v) is 6.68. The average Bonchev–Trinajstić information content (AvgIpc) is 3.22. The molecular formula is C23H19N3O5. The van der Waals surface area contributed by atoms with E-state index in [1.54, 1.807) is 24.3 Å². The lowest BCUT2D eigenvalue weighted by molar-refractivity contribution is 0.0600. The van der Waals surface area contributed by atoms with E-state index in [0.717, 1.165) is 11.3 Å². The summed E-state index contributed by atoms with van der Waals surface area (Å²) in [5.41, 5.74) is 3.18. The molecule has 0 radical (unpaired) electrons. The summed E-state index contributed by atoms with van der Waals surface area (Å²) in [6, 6.07) is 15.4. The molecule has 0 spiro atoms. The number of esters is 1. The molecule has 0 unspecified atom stereocenters. The Bertz CT molecular complexity index is 1260. The van der Waals surface area contributed by atoms with Gasteiger partial charge in [-0.25, -0.2) is 14.6 Å². The van der Waals surface area contributed by atoms with E-state index >= 15 is 0 Å². The number of benzene rings is 2. The van der Waals surface area contributed by atoms with Crippen molar-refractivity contribution in [3.8, 4) is 28.3 Å². The van der Waals surface area contributed by atoms with Crippen molar-refractivity contribution in [2.45, 2.75) is 6.92 Å². The third-order valence-corrected chi connectivity index (χ3v) is 4.81. The molecule has 0 atom stereocenters. The number of aromatic amines is 1. The van der Waals surface area contributed by atoms with Crippen LogP contribution >= 0.6 is 0 Å². The average molecular weight is 417 g/mol. The van der Waals surface area contributed by atoms with Crippen LogP contribution in [0.3, 0.4) is 0 Å². The molecule has 31 heavy (non-hydrogen) atoms. The van der Waals surface area contributed by atoms with Gasteiger partial charge in [0.05, 0.1) is 41.6 Å². The van der Waals surface area contributed by atoms with Gasteiger partial charge in [-0.05, 0) is 49.4 Å². The molecule has 2 heterocycles. The molecule has 8 heteroatoms. The molecule has 2 N–H and O–H groups in total. The molecule has 0 bridgehead atoms. The topological polar surface area (TPSA) is 114 Å². The number of carboxylic acids is 1. The lowest BCUT2D eigenvalue weighted by Crippen LogP contribution is -2.02. The lowest BCUT2D eigenvalue weighted by Gasteiger charge is -2.07. The van der Waals surface area contributed by atoms with Crippen molar-refractivity contribution in [3.05, 3.63) is 65.7 Å². The number of methoxy groups -OCH3 is 1. The van der Waals surface area contributed by atoms with Gasteiger partial charge in [-0.3, -0.25) is 5.10 Å². The normalized spacial score (nSPS) is 10.8. The highest BCUT2D eigenvalue weighted by Crippen LogP contribution is 2.32. The van der Waals surface area contributed by atoms with Crippen LogP contribution in [0.25, 0.3) is 33.5 Å². The Morgan fingerprint density at radius 1 is 1.03 bits per heavy atom. The van der Waals surface area contributed by atoms with Gasteiger partial charge in [-0.2, -0.15) is 5.10 Å². The van der Waals surface area contributed by atoms with Gasteiger partial charge < -0.3 is 14.6 Å². The van der Waals surface area contributed by atoms with Crippen LogP contribution in [-0.2, 0) is 4.74 Å². The number of hydrogen-bond acceptors (Lipinski definition) is 6. The maximum atomic E-state index is 12.1. The molecule has 0 aliphatic heterocycles. The van der Waals surface area contributed by atoms with Crippen LogP contribution in [-0.4, -0.2) is 45.9 Å². The van der Waals surface area contributed by atoms with Crippen LogP contribution < -0.4 is 4.74 Å². The first-order valence-corrected chi connectivity index (χ1v) is 9.56. The molecule has 0 saturated carbocycles. The van der Waals surface area contributed by atoms with E-state index in [-0.39, 0.29) is 11.2 Å². The minimum atomic E-state index is -1.09. The number of fused-ring (bicyclic) bond motifs is 1. The van der Waals surface area contributed by atoms with Gasteiger partial charge in [0, 0.05) is 11.1 Å². The predicted molar refractivity (Wildman–Crippen MR) is 114 cm³/mol. The fraction of sp³-hybridized carbons (Fsp3) is 0.130. The molecular weight excluding hydrogens is 398 g/mol. The van der Waals surface area contributed by atoms with Crippen molar-refractivity contribution in [1.82, 2.24) is 15.2 Å². The van der Waals surface area contributed by atoms with Crippen molar-refractivity contribution in [2.75, 3.05) is 13.7 Å². The minimum absolute atomic E-state index is 0.0784. The predicted octanol–water partition coefficient (Wildman–Crippen LogP) is 4.18. The Morgan fingerprint density at radius 2 is 1.71 bits per heavy atom. The van der Waals surface area contributed by atoms with E-state index in [1.807, 2.05) is 31.2 Å². The molecule has 4 rings (SSSR count). The zero-order valence-corrected chi connectivity index (χ0v) is 16.9. The number of aromatic carboxylic acids is 1. The minimum Gasteiger partial charge on any atom is -0.494 e. The number of pyridine rings is 1. The molecule has 2 aromatic heterocycles. The number of rotatable bonds is 6. The molecule has 0 fully saturated rings. The first kappa shape index (κ1) is 20.1. The second kappa shape index (κ2) is 8.27. The van der Waals surface area contributed by atoms with Crippen LogP contribution in [0.1, 0.15) is 27.6 Å². The van der Waals surface area contributed by atoms with E-state index in [9.17, 15) is 14.7 Å². The number of nitrogens with zero attached hydrogens (tertiary/aromatic N) is 2. The largest absolute Gasteiger partial charge is 0.494 e. The van der Waals surface area contributed by atoms with E-state index in [0.29, 0.717) is 34.5 Å². The van der Waals surface area contributed by atoms with Gasteiger partial charge in [0.15, 0.2) is 5.65 Å². The maximum absolute atomic E-state index is 12.1. The maximum Gasteiger partial charge on any atom is 0.337 e. The van der Waals surface area contributed by atoms with E-state index in [1.165, 1.54) is 13.2 Å². The lowest BCUT2D eigenvalue weighted by atomic mass is 10.0. The highest BCUT2D eigenvalue weighted by molar-refractivity contribution is 6.08. The first-order valence-electron chi connectivity index (χ1n) is 9.56. The molecule has 156 valence electrons. The van der Waals surface area contributed by atoms with E-state index < -0.39 is 11.9 Å². The van der Waals surface area contributed by atoms with Crippen molar-refractivity contribution < 1.29 is 24.2 Å². The smallest absolute Gasteiger partial charge is 0.337 e. The number of aromatic nitrogens is 3. The molecule has 4 aromatic rings. The zero-order valence-electron chi connectivity index (χ0n) is 16.9. The van der Waals surface area contributed by atoms with Crippen LogP contribution in [0.5, 0.6) is 5.75 Å². The fourth-order valence-corrected chi connectivity index (χ4v) is 3.33. The van der Waals surface area contributed by atoms with Crippen LogP contribution in [0.2, 0.25) is 0 Å². The quantitative estimate of drug-likeness (QED) is 0.452. The first-order chi connectivity index (χ1) is 15.0. The van der Waals surface area contributed by atoms with Gasteiger partial charge in [0.2, 0.25) is 0 Å². The number of carboxylic acid groups (broad SMARTS) is 1. The van der Waals surface area contributed by atoms with Gasteiger partial charge in [-0.1, -0.05) is 12.1 Å². The number of nitrogens with one attached hydrogen (secondary N) is 1. The summed E-state index contributed by atoms with van der Waals surface area (Å²) in [4.78, 5) is 28.2. The Hall–Kier alpha value is -4.20. The number of carbonyl (C=O) groups excluding carboxylic acids is 1. The number of H-pyrrole nitrogens is 1. The van der Waals surface area contributed by atoms with Crippen molar-refractivity contribution in [2.24, 2.45) is 0 Å². The van der Waals surface area contributed by atoms with Gasteiger partial charge in [0.1, 0.15) is 5.75 Å². The molecule has 0 saturated heterocycles. The Labute approximate surface area is 177 Å². The van der Waals surface area contributed by atoms with Gasteiger partial charge >= 0.3 is 11.9 Å². The van der Waals surface area contributed by atoms with Crippen LogP contribution in [0.4, 0.5) is 0 Å². The number of hydrogen-bond donors (Lipinski definition) is 2. The summed E-state index contributed by atoms with van der Waals surface area (Å²) in [5, 5.41) is 17.4. The van der Waals surface area contributed by atoms with E-state index in [4.69, 9.17) is 9.47 Å². The monoisotopic (exact) mass is 417 g/mol. The summed E-state index contributed by atoms with van der Waals surface area (Å²) in [6.07, 6.45) is 0. The summed E-state index contributed by atoms with van der Waals surface area (Å²) in [5.74, 6) is -0.814. The highest BCUT2D eigenvalue weighted by Gasteiger charge is 2.20. The third kappa shape index (κ3) is 3.83. The Morgan fingerprint density at radius 3 is 2.32 bits per heavy atom. The van der Waals surface area contributed by atoms with Gasteiger partial charge in [-0.15, -0.1) is 0 Å². The zero-order chi connectivity index (χ0) is 22.0. The van der Waals surface area contributed by atoms with Crippen molar-refractivity contribution >= 4 is 23.0 Å². The van der Waals surface area contributed by atoms with Crippen LogP contribution in [0, 0.1) is 0 Å². The summed E-state index contributed by atoms with van der Waals surface area (Å²) in [6.45, 7) is 2.46. The molecule has 0 aliphatic rings. The summed E-state index contributed by atoms with van der Waals surface area (Å²) < 4.78 is 10.2. The molecule has 0 aliphatic carbocycles. The van der Waals surface area contributed by atoms with Crippen molar-refractivity contribution in [3.63, 3.8) is 0 Å². The van der Waals surface area contributed by atoms with Crippen LogP contribution in [0.15, 0.2) is 54.6 Å². The SMILES string of the molecule is CCOc1ccc(-c2[nH]nc3nc(-c4ccc(C(=O)OC)cc4)cc(C(=O)O)c23)cc1. The number of carbonyl (C=O) groups is 2. The second-order valence-electron chi connectivity index (χ2n) is 6.68. The van der Waals surface area contributed by atoms with Crippen molar-refractivity contribution in [1.29, 1.82) is 0 Å². The molecule has 8 nitrogen and oxygen atoms in total. The fourth-order valence-electron chi connectivity index (χ4n) is 3.33. The number of ether oxygens (including phenoxy) is 2. The standard InChI is InChI=1S/C23H19N3O5/c1-3-31-16-10-8-14(9-11-16)20-19-17(22(27)28)12-18(24-21(19)26-25-20)13-4-6-15(7-5-13)23(29)30-2/h4-12H,3H2,1-2H3,(H,27,28)(H,24,25,26). The summed E-state index contributed by atoms with van der Waals surface area (Å²) in [7, 11) is 1.31.